The monoisotopic (exact) mass is 429 g/mol. The molecule has 4 aromatic heterocycles. The number of nitrogens with zero attached hydrogens (tertiary/aromatic N) is 6. The first-order chi connectivity index (χ1) is 15.7. The Morgan fingerprint density at radius 2 is 2.00 bits per heavy atom. The highest BCUT2D eigenvalue weighted by molar-refractivity contribution is 5.83. The third-order valence-electron chi connectivity index (χ3n) is 5.96. The molecule has 2 N–H and O–H groups in total. The van der Waals surface area contributed by atoms with Crippen molar-refractivity contribution >= 4 is 22.5 Å². The third kappa shape index (κ3) is 3.13. The Bertz CT molecular complexity index is 1430. The maximum atomic E-state index is 6.03. The molecule has 9 nitrogen and oxygen atoms in total. The van der Waals surface area contributed by atoms with E-state index in [0.29, 0.717) is 23.7 Å². The summed E-state index contributed by atoms with van der Waals surface area (Å²) >= 11 is 0. The summed E-state index contributed by atoms with van der Waals surface area (Å²) in [6.45, 7) is 2.67. The fraction of sp³-hybridized carbons (Fsp3) is 0.304. The Balaban J connectivity index is 1.41. The first-order valence-corrected chi connectivity index (χ1v) is 10.8. The molecule has 5 heterocycles. The van der Waals surface area contributed by atoms with E-state index in [1.165, 1.54) is 0 Å². The fourth-order valence-electron chi connectivity index (χ4n) is 4.41. The van der Waals surface area contributed by atoms with Crippen LogP contribution < -0.4 is 5.73 Å². The molecule has 0 spiro atoms. The molecule has 0 bridgehead atoms. The van der Waals surface area contributed by atoms with Crippen molar-refractivity contribution in [2.24, 2.45) is 0 Å². The van der Waals surface area contributed by atoms with Crippen molar-refractivity contribution in [3.8, 4) is 11.6 Å². The molecule has 162 valence electrons. The number of benzene rings is 1. The van der Waals surface area contributed by atoms with Crippen LogP contribution in [-0.2, 0) is 11.2 Å². The molecule has 6 rings (SSSR count). The van der Waals surface area contributed by atoms with Gasteiger partial charge in [0.1, 0.15) is 5.76 Å². The van der Waals surface area contributed by atoms with Crippen LogP contribution in [0.1, 0.15) is 42.4 Å². The number of hydrogen-bond donors (Lipinski definition) is 1. The van der Waals surface area contributed by atoms with Gasteiger partial charge in [-0.3, -0.25) is 0 Å². The van der Waals surface area contributed by atoms with E-state index in [4.69, 9.17) is 14.9 Å². The SMILES string of the molecule is Cc1ccc(-c2nc(N)nc3c(Cc4cccc5c4cnn5C4CCCCO4)cnn23)o1. The second kappa shape index (κ2) is 7.45. The molecule has 1 atom stereocenters. The van der Waals surface area contributed by atoms with Crippen LogP contribution in [0.25, 0.3) is 28.1 Å². The number of aromatic nitrogens is 6. The summed E-state index contributed by atoms with van der Waals surface area (Å²) in [4.78, 5) is 8.82. The topological polar surface area (TPSA) is 109 Å². The molecule has 9 heteroatoms. The summed E-state index contributed by atoms with van der Waals surface area (Å²) in [6.07, 6.45) is 7.64. The second-order valence-corrected chi connectivity index (χ2v) is 8.16. The summed E-state index contributed by atoms with van der Waals surface area (Å²) in [5.74, 6) is 2.12. The van der Waals surface area contributed by atoms with Gasteiger partial charge in [-0.05, 0) is 49.9 Å². The molecule has 1 fully saturated rings. The maximum absolute atomic E-state index is 6.03. The summed E-state index contributed by atoms with van der Waals surface area (Å²) in [5, 5.41) is 10.3. The number of hydrogen-bond acceptors (Lipinski definition) is 7. The van der Waals surface area contributed by atoms with E-state index in [1.54, 1.807) is 4.52 Å². The van der Waals surface area contributed by atoms with Crippen molar-refractivity contribution in [2.75, 3.05) is 12.3 Å². The molecule has 0 amide bonds. The second-order valence-electron chi connectivity index (χ2n) is 8.16. The molecule has 0 saturated carbocycles. The smallest absolute Gasteiger partial charge is 0.224 e. The van der Waals surface area contributed by atoms with Crippen molar-refractivity contribution in [1.29, 1.82) is 0 Å². The van der Waals surface area contributed by atoms with Crippen molar-refractivity contribution in [1.82, 2.24) is 29.4 Å². The van der Waals surface area contributed by atoms with E-state index in [-0.39, 0.29) is 12.2 Å². The van der Waals surface area contributed by atoms with Gasteiger partial charge in [-0.15, -0.1) is 0 Å². The molecule has 32 heavy (non-hydrogen) atoms. The summed E-state index contributed by atoms with van der Waals surface area (Å²) in [6, 6.07) is 10.0. The van der Waals surface area contributed by atoms with Crippen LogP contribution in [0.2, 0.25) is 0 Å². The quantitative estimate of drug-likeness (QED) is 0.461. The number of nitrogen functional groups attached to an aromatic ring is 1. The van der Waals surface area contributed by atoms with Gasteiger partial charge >= 0.3 is 0 Å². The van der Waals surface area contributed by atoms with Gasteiger partial charge in [0, 0.05) is 24.0 Å². The van der Waals surface area contributed by atoms with Gasteiger partial charge in [0.25, 0.3) is 0 Å². The number of nitrogens with two attached hydrogens (primary N) is 1. The minimum Gasteiger partial charge on any atom is -0.458 e. The highest BCUT2D eigenvalue weighted by atomic mass is 16.5. The summed E-state index contributed by atoms with van der Waals surface area (Å²) in [7, 11) is 0. The Hall–Kier alpha value is -3.72. The van der Waals surface area contributed by atoms with E-state index < -0.39 is 0 Å². The zero-order valence-corrected chi connectivity index (χ0v) is 17.7. The van der Waals surface area contributed by atoms with Gasteiger partial charge in [0.15, 0.2) is 17.6 Å². The molecular weight excluding hydrogens is 406 g/mol. The lowest BCUT2D eigenvalue weighted by Gasteiger charge is -2.23. The number of aryl methyl sites for hydroxylation is 1. The van der Waals surface area contributed by atoms with E-state index in [0.717, 1.165) is 53.7 Å². The molecule has 1 aliphatic heterocycles. The zero-order chi connectivity index (χ0) is 21.7. The van der Waals surface area contributed by atoms with Gasteiger partial charge in [0.2, 0.25) is 11.8 Å². The molecule has 0 aliphatic carbocycles. The van der Waals surface area contributed by atoms with Gasteiger partial charge < -0.3 is 14.9 Å². The number of ether oxygens (including phenoxy) is 1. The van der Waals surface area contributed by atoms with E-state index in [1.807, 2.05) is 36.1 Å². The summed E-state index contributed by atoms with van der Waals surface area (Å²) < 4.78 is 15.4. The van der Waals surface area contributed by atoms with Crippen LogP contribution in [0.4, 0.5) is 5.95 Å². The minimum absolute atomic E-state index is 0.000304. The van der Waals surface area contributed by atoms with Gasteiger partial charge in [-0.2, -0.15) is 24.7 Å². The molecular formula is C23H23N7O2. The van der Waals surface area contributed by atoms with Crippen molar-refractivity contribution in [2.45, 2.75) is 38.8 Å². The molecule has 1 aliphatic rings. The Labute approximate surface area is 183 Å². The first-order valence-electron chi connectivity index (χ1n) is 10.8. The minimum atomic E-state index is 0.000304. The zero-order valence-electron chi connectivity index (χ0n) is 17.7. The predicted octanol–water partition coefficient (Wildman–Crippen LogP) is 3.91. The van der Waals surface area contributed by atoms with Crippen LogP contribution >= 0.6 is 0 Å². The number of fused-ring (bicyclic) bond motifs is 2. The number of furan rings is 1. The maximum Gasteiger partial charge on any atom is 0.224 e. The van der Waals surface area contributed by atoms with Crippen LogP contribution in [0.15, 0.2) is 47.1 Å². The molecule has 5 aromatic rings. The average Bonchev–Trinajstić information content (AvgIpc) is 3.53. The molecule has 0 radical (unpaired) electrons. The predicted molar refractivity (Wildman–Crippen MR) is 119 cm³/mol. The van der Waals surface area contributed by atoms with Gasteiger partial charge in [-0.25, -0.2) is 4.68 Å². The van der Waals surface area contributed by atoms with Gasteiger partial charge in [0.05, 0.1) is 17.9 Å². The largest absolute Gasteiger partial charge is 0.458 e. The van der Waals surface area contributed by atoms with Crippen molar-refractivity contribution in [3.63, 3.8) is 0 Å². The third-order valence-corrected chi connectivity index (χ3v) is 5.96. The van der Waals surface area contributed by atoms with Crippen LogP contribution in [0, 0.1) is 6.92 Å². The first kappa shape index (κ1) is 19.0. The van der Waals surface area contributed by atoms with Crippen LogP contribution in [0.3, 0.4) is 0 Å². The Kier molecular flexibility index (Phi) is 4.43. The lowest BCUT2D eigenvalue weighted by molar-refractivity contribution is -0.0366. The van der Waals surface area contributed by atoms with E-state index in [2.05, 4.69) is 38.4 Å². The number of rotatable bonds is 4. The highest BCUT2D eigenvalue weighted by Gasteiger charge is 2.20. The van der Waals surface area contributed by atoms with E-state index in [9.17, 15) is 0 Å². The standard InChI is InChI=1S/C23H23N7O2/c1-14-8-9-19(32-14)22-28-23(24)27-21-16(12-25-30(21)22)11-15-5-4-6-18-17(15)13-26-29(18)20-7-2-3-10-31-20/h4-6,8-9,12-13,20H,2-3,7,10-11H2,1H3,(H2,24,27). The lowest BCUT2D eigenvalue weighted by Crippen LogP contribution is -2.18. The molecule has 1 saturated heterocycles. The molecule has 1 unspecified atom stereocenters. The molecule has 1 aromatic carbocycles. The van der Waals surface area contributed by atoms with Gasteiger partial charge in [-0.1, -0.05) is 12.1 Å². The van der Waals surface area contributed by atoms with Crippen molar-refractivity contribution in [3.05, 3.63) is 59.6 Å². The van der Waals surface area contributed by atoms with Crippen LogP contribution in [0.5, 0.6) is 0 Å². The summed E-state index contributed by atoms with van der Waals surface area (Å²) in [5.41, 5.74) is 9.88. The average molecular weight is 429 g/mol. The van der Waals surface area contributed by atoms with Crippen molar-refractivity contribution < 1.29 is 9.15 Å². The normalized spacial score (nSPS) is 16.8. The lowest BCUT2D eigenvalue weighted by atomic mass is 10.0. The fourth-order valence-corrected chi connectivity index (χ4v) is 4.41. The highest BCUT2D eigenvalue weighted by Crippen LogP contribution is 2.29. The van der Waals surface area contributed by atoms with E-state index >= 15 is 0 Å². The van der Waals surface area contributed by atoms with Crippen LogP contribution in [-0.4, -0.2) is 36.0 Å². The Morgan fingerprint density at radius 3 is 2.81 bits per heavy atom. The Morgan fingerprint density at radius 1 is 1.06 bits per heavy atom. The number of anilines is 1.